The van der Waals surface area contributed by atoms with Gasteiger partial charge < -0.3 is 15.1 Å². The molecule has 27 heavy (non-hydrogen) atoms. The van der Waals surface area contributed by atoms with Crippen molar-refractivity contribution < 1.29 is 14.0 Å². The highest BCUT2D eigenvalue weighted by atomic mass is 19.1. The third-order valence-corrected chi connectivity index (χ3v) is 4.57. The molecular weight excluding hydrogens is 349 g/mol. The molecule has 1 aliphatic rings. The Hall–Kier alpha value is -2.74. The molecule has 7 nitrogen and oxygen atoms in total. The molecule has 144 valence electrons. The van der Waals surface area contributed by atoms with E-state index < -0.39 is 0 Å². The van der Waals surface area contributed by atoms with Crippen LogP contribution in [0, 0.1) is 12.7 Å². The van der Waals surface area contributed by atoms with Gasteiger partial charge >= 0.3 is 0 Å². The standard InChI is InChI=1S/C19H24FN5O2/c1-13-10-14(4-5-16(13)20)19(27)24-8-9-25-15(12-24)11-17(22-25)18(26)21-6-7-23(2)3/h4-5,10-11H,6-9,12H2,1-3H3,(H,21,26). The number of amides is 2. The van der Waals surface area contributed by atoms with Crippen LogP contribution in [0.3, 0.4) is 0 Å². The highest BCUT2D eigenvalue weighted by Crippen LogP contribution is 2.18. The zero-order valence-corrected chi connectivity index (χ0v) is 15.8. The predicted molar refractivity (Wildman–Crippen MR) is 99.0 cm³/mol. The summed E-state index contributed by atoms with van der Waals surface area (Å²) < 4.78 is 15.2. The Kier molecular flexibility index (Phi) is 5.55. The maximum atomic E-state index is 13.4. The molecule has 1 aromatic heterocycles. The number of halogens is 1. The zero-order valence-electron chi connectivity index (χ0n) is 15.8. The minimum atomic E-state index is -0.326. The van der Waals surface area contributed by atoms with E-state index in [1.165, 1.54) is 12.1 Å². The smallest absolute Gasteiger partial charge is 0.271 e. The second-order valence-corrected chi connectivity index (χ2v) is 6.99. The first-order valence-electron chi connectivity index (χ1n) is 8.90. The lowest BCUT2D eigenvalue weighted by Gasteiger charge is -2.27. The Morgan fingerprint density at radius 1 is 1.26 bits per heavy atom. The molecule has 0 saturated heterocycles. The quantitative estimate of drug-likeness (QED) is 0.857. The first-order chi connectivity index (χ1) is 12.8. The van der Waals surface area contributed by atoms with Gasteiger partial charge in [0.2, 0.25) is 0 Å². The molecule has 2 heterocycles. The summed E-state index contributed by atoms with van der Waals surface area (Å²) in [6.07, 6.45) is 0. The number of carbonyl (C=O) groups excluding carboxylic acids is 2. The van der Waals surface area contributed by atoms with E-state index in [0.29, 0.717) is 43.0 Å². The molecule has 0 bridgehead atoms. The molecule has 1 aromatic carbocycles. The fourth-order valence-corrected chi connectivity index (χ4v) is 2.99. The van der Waals surface area contributed by atoms with Crippen LogP contribution in [0.1, 0.15) is 32.1 Å². The van der Waals surface area contributed by atoms with Crippen molar-refractivity contribution in [1.82, 2.24) is 24.9 Å². The van der Waals surface area contributed by atoms with Crippen molar-refractivity contribution >= 4 is 11.8 Å². The van der Waals surface area contributed by atoms with Gasteiger partial charge in [-0.15, -0.1) is 0 Å². The highest BCUT2D eigenvalue weighted by molar-refractivity contribution is 5.94. The molecule has 3 rings (SSSR count). The number of aryl methyl sites for hydroxylation is 1. The molecular formula is C19H24FN5O2. The molecule has 2 aromatic rings. The number of nitrogens with zero attached hydrogens (tertiary/aromatic N) is 4. The van der Waals surface area contributed by atoms with Crippen LogP contribution in [0.2, 0.25) is 0 Å². The maximum Gasteiger partial charge on any atom is 0.271 e. The summed E-state index contributed by atoms with van der Waals surface area (Å²) in [5, 5.41) is 7.18. The second-order valence-electron chi connectivity index (χ2n) is 6.99. The summed E-state index contributed by atoms with van der Waals surface area (Å²) in [5.74, 6) is -0.693. The summed E-state index contributed by atoms with van der Waals surface area (Å²) in [7, 11) is 3.88. The fourth-order valence-electron chi connectivity index (χ4n) is 2.99. The van der Waals surface area contributed by atoms with Gasteiger partial charge in [0, 0.05) is 25.2 Å². The Labute approximate surface area is 157 Å². The van der Waals surface area contributed by atoms with Crippen molar-refractivity contribution in [3.8, 4) is 0 Å². The number of carbonyl (C=O) groups is 2. The molecule has 0 radical (unpaired) electrons. The fraction of sp³-hybridized carbons (Fsp3) is 0.421. The highest BCUT2D eigenvalue weighted by Gasteiger charge is 2.25. The topological polar surface area (TPSA) is 70.5 Å². The molecule has 2 amide bonds. The van der Waals surface area contributed by atoms with Crippen LogP contribution in [0.5, 0.6) is 0 Å². The number of nitrogens with one attached hydrogen (secondary N) is 1. The van der Waals surface area contributed by atoms with E-state index in [1.807, 2.05) is 19.0 Å². The minimum Gasteiger partial charge on any atom is -0.349 e. The van der Waals surface area contributed by atoms with Crippen molar-refractivity contribution in [3.05, 3.63) is 52.6 Å². The third-order valence-electron chi connectivity index (χ3n) is 4.57. The van der Waals surface area contributed by atoms with Gasteiger partial charge in [-0.1, -0.05) is 0 Å². The molecule has 0 saturated carbocycles. The van der Waals surface area contributed by atoms with Crippen LogP contribution < -0.4 is 5.32 Å². The van der Waals surface area contributed by atoms with Crippen molar-refractivity contribution in [3.63, 3.8) is 0 Å². The number of rotatable bonds is 5. The van der Waals surface area contributed by atoms with Crippen LogP contribution in [-0.4, -0.2) is 65.1 Å². The Morgan fingerprint density at radius 3 is 2.74 bits per heavy atom. The average Bonchev–Trinajstić information content (AvgIpc) is 3.06. The Bertz CT molecular complexity index is 862. The normalized spacial score (nSPS) is 13.6. The molecule has 0 unspecified atom stereocenters. The molecule has 0 atom stereocenters. The Morgan fingerprint density at radius 2 is 2.04 bits per heavy atom. The molecule has 1 N–H and O–H groups in total. The SMILES string of the molecule is Cc1cc(C(=O)N2CCn3nc(C(=O)NCCN(C)C)cc3C2)ccc1F. The number of likely N-dealkylation sites (N-methyl/N-ethyl adjacent to an activating group) is 1. The van der Waals surface area contributed by atoms with E-state index in [4.69, 9.17) is 0 Å². The van der Waals surface area contributed by atoms with Gasteiger partial charge in [-0.2, -0.15) is 5.10 Å². The lowest BCUT2D eigenvalue weighted by atomic mass is 10.1. The van der Waals surface area contributed by atoms with E-state index in [1.54, 1.807) is 28.6 Å². The summed E-state index contributed by atoms with van der Waals surface area (Å²) >= 11 is 0. The molecule has 8 heteroatoms. The van der Waals surface area contributed by atoms with Gasteiger partial charge in [0.1, 0.15) is 5.82 Å². The molecule has 0 spiro atoms. The summed E-state index contributed by atoms with van der Waals surface area (Å²) in [6, 6.07) is 6.10. The number of aromatic nitrogens is 2. The van der Waals surface area contributed by atoms with E-state index >= 15 is 0 Å². The number of fused-ring (bicyclic) bond motifs is 1. The first kappa shape index (κ1) is 19.0. The zero-order chi connectivity index (χ0) is 19.6. The van der Waals surface area contributed by atoms with Gasteiger partial charge in [-0.3, -0.25) is 14.3 Å². The van der Waals surface area contributed by atoms with E-state index in [0.717, 1.165) is 12.2 Å². The lowest BCUT2D eigenvalue weighted by Crippen LogP contribution is -2.38. The minimum absolute atomic E-state index is 0.150. The Balaban J connectivity index is 1.67. The maximum absolute atomic E-state index is 13.4. The van der Waals surface area contributed by atoms with Gasteiger partial charge in [-0.25, -0.2) is 4.39 Å². The molecule has 0 fully saturated rings. The summed E-state index contributed by atoms with van der Waals surface area (Å²) in [5.41, 5.74) is 2.07. The number of hydrogen-bond donors (Lipinski definition) is 1. The van der Waals surface area contributed by atoms with Crippen LogP contribution >= 0.6 is 0 Å². The van der Waals surface area contributed by atoms with E-state index in [9.17, 15) is 14.0 Å². The van der Waals surface area contributed by atoms with Crippen molar-refractivity contribution in [1.29, 1.82) is 0 Å². The van der Waals surface area contributed by atoms with Crippen LogP contribution in [0.25, 0.3) is 0 Å². The van der Waals surface area contributed by atoms with Crippen LogP contribution in [0.15, 0.2) is 24.3 Å². The van der Waals surface area contributed by atoms with E-state index in [-0.39, 0.29) is 17.6 Å². The van der Waals surface area contributed by atoms with E-state index in [2.05, 4.69) is 10.4 Å². The van der Waals surface area contributed by atoms with Crippen LogP contribution in [-0.2, 0) is 13.1 Å². The average molecular weight is 373 g/mol. The van der Waals surface area contributed by atoms with Crippen LogP contribution in [0.4, 0.5) is 4.39 Å². The van der Waals surface area contributed by atoms with Gasteiger partial charge in [0.15, 0.2) is 5.69 Å². The lowest BCUT2D eigenvalue weighted by molar-refractivity contribution is 0.0705. The van der Waals surface area contributed by atoms with Gasteiger partial charge in [0.05, 0.1) is 18.8 Å². The molecule has 1 aliphatic heterocycles. The first-order valence-corrected chi connectivity index (χ1v) is 8.90. The monoisotopic (exact) mass is 373 g/mol. The number of hydrogen-bond acceptors (Lipinski definition) is 4. The van der Waals surface area contributed by atoms with Gasteiger partial charge in [0.25, 0.3) is 11.8 Å². The predicted octanol–water partition coefficient (Wildman–Crippen LogP) is 1.28. The summed E-state index contributed by atoms with van der Waals surface area (Å²) in [4.78, 5) is 28.6. The second kappa shape index (κ2) is 7.87. The van der Waals surface area contributed by atoms with Gasteiger partial charge in [-0.05, 0) is 50.8 Å². The number of benzene rings is 1. The summed E-state index contributed by atoms with van der Waals surface area (Å²) in [6.45, 7) is 4.31. The van der Waals surface area contributed by atoms with Crippen molar-refractivity contribution in [2.75, 3.05) is 33.7 Å². The van der Waals surface area contributed by atoms with Crippen molar-refractivity contribution in [2.24, 2.45) is 0 Å². The largest absolute Gasteiger partial charge is 0.349 e. The van der Waals surface area contributed by atoms with Crippen molar-refractivity contribution in [2.45, 2.75) is 20.0 Å². The third kappa shape index (κ3) is 4.33. The molecule has 0 aliphatic carbocycles.